The maximum atomic E-state index is 12.1. The summed E-state index contributed by atoms with van der Waals surface area (Å²) in [7, 11) is 0. The van der Waals surface area contributed by atoms with Gasteiger partial charge in [0.15, 0.2) is 17.1 Å². The summed E-state index contributed by atoms with van der Waals surface area (Å²) in [5, 5.41) is 10.7. The van der Waals surface area contributed by atoms with E-state index >= 15 is 0 Å². The fraction of sp³-hybridized carbons (Fsp3) is 0.389. The molecule has 0 aliphatic carbocycles. The Morgan fingerprint density at radius 1 is 1.30 bits per heavy atom. The van der Waals surface area contributed by atoms with Crippen molar-refractivity contribution in [2.45, 2.75) is 39.7 Å². The fourth-order valence-corrected chi connectivity index (χ4v) is 2.15. The molecule has 1 heterocycles. The van der Waals surface area contributed by atoms with E-state index in [2.05, 4.69) is 0 Å². The van der Waals surface area contributed by atoms with Crippen molar-refractivity contribution in [2.75, 3.05) is 6.61 Å². The Balaban J connectivity index is 2.34. The van der Waals surface area contributed by atoms with Gasteiger partial charge in [-0.3, -0.25) is 0 Å². The first kappa shape index (κ1) is 16.9. The van der Waals surface area contributed by atoms with Gasteiger partial charge in [0.25, 0.3) is 0 Å². The van der Waals surface area contributed by atoms with Crippen LogP contribution in [0.1, 0.15) is 33.6 Å². The molecular weight excluding hydrogens is 296 g/mol. The molecule has 5 heteroatoms. The first-order valence-electron chi connectivity index (χ1n) is 7.77. The van der Waals surface area contributed by atoms with Crippen LogP contribution in [0.4, 0.5) is 0 Å². The number of ether oxygens (including phenoxy) is 2. The number of aromatic hydroxyl groups is 1. The second kappa shape index (κ2) is 7.72. The van der Waals surface area contributed by atoms with Crippen LogP contribution in [-0.4, -0.2) is 17.8 Å². The molecule has 0 radical (unpaired) electrons. The number of allylic oxidation sites excluding steroid dienone is 1. The fourth-order valence-electron chi connectivity index (χ4n) is 2.15. The Bertz CT molecular complexity index is 743. The van der Waals surface area contributed by atoms with E-state index in [0.717, 1.165) is 6.42 Å². The molecule has 124 valence electrons. The Labute approximate surface area is 135 Å². The summed E-state index contributed by atoms with van der Waals surface area (Å²) in [4.78, 5) is 12.1. The van der Waals surface area contributed by atoms with Crippen LogP contribution in [0.5, 0.6) is 17.2 Å². The van der Waals surface area contributed by atoms with Crippen molar-refractivity contribution < 1.29 is 19.0 Å². The monoisotopic (exact) mass is 318 g/mol. The third kappa shape index (κ3) is 4.06. The molecule has 0 aliphatic rings. The van der Waals surface area contributed by atoms with Crippen molar-refractivity contribution in [3.8, 4) is 17.2 Å². The van der Waals surface area contributed by atoms with E-state index in [-0.39, 0.29) is 23.2 Å². The van der Waals surface area contributed by atoms with E-state index in [1.165, 1.54) is 0 Å². The summed E-state index contributed by atoms with van der Waals surface area (Å²) in [6.07, 6.45) is 5.51. The standard InChI is InChI=1S/C18H22O5/c1-4-5-6-7-11-21-17-15(19)13-9-8-10-14(22-12(2)3)16(13)23-18(17)20/h5-6,8-10,12,19H,4,7,11H2,1-3H3/b6-5+. The lowest BCUT2D eigenvalue weighted by Crippen LogP contribution is -2.10. The van der Waals surface area contributed by atoms with E-state index in [9.17, 15) is 9.90 Å². The molecule has 2 aromatic rings. The summed E-state index contributed by atoms with van der Waals surface area (Å²) in [5.74, 6) is 0.0383. The molecule has 0 unspecified atom stereocenters. The van der Waals surface area contributed by atoms with Crippen LogP contribution in [0.15, 0.2) is 39.6 Å². The minimum absolute atomic E-state index is 0.0747. The molecule has 0 amide bonds. The summed E-state index contributed by atoms with van der Waals surface area (Å²) in [6, 6.07) is 5.08. The number of hydrogen-bond donors (Lipinski definition) is 1. The van der Waals surface area contributed by atoms with Crippen LogP contribution < -0.4 is 15.1 Å². The Morgan fingerprint density at radius 2 is 2.09 bits per heavy atom. The third-order valence-corrected chi connectivity index (χ3v) is 3.13. The molecule has 0 fully saturated rings. The van der Waals surface area contributed by atoms with Crippen molar-refractivity contribution in [3.63, 3.8) is 0 Å². The van der Waals surface area contributed by atoms with Gasteiger partial charge in [0, 0.05) is 0 Å². The van der Waals surface area contributed by atoms with Crippen LogP contribution in [0.2, 0.25) is 0 Å². The van der Waals surface area contributed by atoms with Gasteiger partial charge in [-0.1, -0.05) is 25.1 Å². The highest BCUT2D eigenvalue weighted by atomic mass is 16.5. The van der Waals surface area contributed by atoms with Gasteiger partial charge in [-0.15, -0.1) is 0 Å². The SMILES string of the molecule is CC/C=C/CCOc1c(O)c2cccc(OC(C)C)c2oc1=O. The lowest BCUT2D eigenvalue weighted by Gasteiger charge is -2.13. The number of benzene rings is 1. The summed E-state index contributed by atoms with van der Waals surface area (Å²) in [6.45, 7) is 6.08. The summed E-state index contributed by atoms with van der Waals surface area (Å²) >= 11 is 0. The van der Waals surface area contributed by atoms with E-state index in [1.807, 2.05) is 32.9 Å². The maximum absolute atomic E-state index is 12.1. The average molecular weight is 318 g/mol. The van der Waals surface area contributed by atoms with Gasteiger partial charge in [0.05, 0.1) is 18.1 Å². The van der Waals surface area contributed by atoms with Crippen molar-refractivity contribution >= 4 is 11.0 Å². The lowest BCUT2D eigenvalue weighted by molar-refractivity contribution is 0.240. The van der Waals surface area contributed by atoms with Crippen molar-refractivity contribution in [2.24, 2.45) is 0 Å². The van der Waals surface area contributed by atoms with Gasteiger partial charge in [0.2, 0.25) is 5.75 Å². The van der Waals surface area contributed by atoms with Gasteiger partial charge < -0.3 is 19.0 Å². The van der Waals surface area contributed by atoms with Crippen molar-refractivity contribution in [1.82, 2.24) is 0 Å². The van der Waals surface area contributed by atoms with Crippen LogP contribution in [-0.2, 0) is 0 Å². The molecule has 1 aromatic carbocycles. The molecule has 1 N–H and O–H groups in total. The van der Waals surface area contributed by atoms with Gasteiger partial charge in [-0.25, -0.2) is 4.79 Å². The van der Waals surface area contributed by atoms with Gasteiger partial charge in [0.1, 0.15) is 0 Å². The summed E-state index contributed by atoms with van der Waals surface area (Å²) in [5.41, 5.74) is -0.490. The molecule has 0 saturated carbocycles. The predicted molar refractivity (Wildman–Crippen MR) is 89.5 cm³/mol. The van der Waals surface area contributed by atoms with Gasteiger partial charge in [-0.2, -0.15) is 0 Å². The van der Waals surface area contributed by atoms with E-state index in [1.54, 1.807) is 18.2 Å². The first-order valence-corrected chi connectivity index (χ1v) is 7.77. The lowest BCUT2D eigenvalue weighted by atomic mass is 10.2. The number of fused-ring (bicyclic) bond motifs is 1. The zero-order valence-corrected chi connectivity index (χ0v) is 13.7. The van der Waals surface area contributed by atoms with E-state index in [4.69, 9.17) is 13.9 Å². The number of rotatable bonds is 7. The molecule has 5 nitrogen and oxygen atoms in total. The minimum atomic E-state index is -0.714. The third-order valence-electron chi connectivity index (χ3n) is 3.13. The highest BCUT2D eigenvalue weighted by Crippen LogP contribution is 2.36. The Hall–Kier alpha value is -2.43. The molecule has 23 heavy (non-hydrogen) atoms. The number of para-hydroxylation sites is 1. The van der Waals surface area contributed by atoms with Crippen LogP contribution >= 0.6 is 0 Å². The normalized spacial score (nSPS) is 11.5. The minimum Gasteiger partial charge on any atom is -0.504 e. The average Bonchev–Trinajstić information content (AvgIpc) is 2.50. The Kier molecular flexibility index (Phi) is 5.68. The zero-order chi connectivity index (χ0) is 16.8. The van der Waals surface area contributed by atoms with Crippen LogP contribution in [0.3, 0.4) is 0 Å². The highest BCUT2D eigenvalue weighted by molar-refractivity contribution is 5.89. The van der Waals surface area contributed by atoms with Crippen molar-refractivity contribution in [1.29, 1.82) is 0 Å². The second-order valence-corrected chi connectivity index (χ2v) is 5.38. The molecule has 0 aliphatic heterocycles. The molecule has 0 saturated heterocycles. The van der Waals surface area contributed by atoms with Gasteiger partial charge >= 0.3 is 5.63 Å². The molecule has 2 rings (SSSR count). The molecule has 0 atom stereocenters. The van der Waals surface area contributed by atoms with E-state index in [0.29, 0.717) is 24.2 Å². The second-order valence-electron chi connectivity index (χ2n) is 5.38. The molecule has 0 spiro atoms. The topological polar surface area (TPSA) is 68.9 Å². The Morgan fingerprint density at radius 3 is 2.78 bits per heavy atom. The smallest absolute Gasteiger partial charge is 0.383 e. The van der Waals surface area contributed by atoms with Crippen LogP contribution in [0, 0.1) is 0 Å². The largest absolute Gasteiger partial charge is 0.504 e. The molecule has 0 bridgehead atoms. The highest BCUT2D eigenvalue weighted by Gasteiger charge is 2.18. The maximum Gasteiger partial charge on any atom is 0.383 e. The quantitative estimate of drug-likeness (QED) is 0.474. The molecular formula is C18H22O5. The molecule has 1 aromatic heterocycles. The van der Waals surface area contributed by atoms with E-state index < -0.39 is 5.63 Å². The summed E-state index contributed by atoms with van der Waals surface area (Å²) < 4.78 is 16.3. The predicted octanol–water partition coefficient (Wildman–Crippen LogP) is 4.02. The van der Waals surface area contributed by atoms with Crippen LogP contribution in [0.25, 0.3) is 11.0 Å². The zero-order valence-electron chi connectivity index (χ0n) is 13.7. The first-order chi connectivity index (χ1) is 11.0. The van der Waals surface area contributed by atoms with Gasteiger partial charge in [-0.05, 0) is 38.8 Å². The number of hydrogen-bond acceptors (Lipinski definition) is 5. The van der Waals surface area contributed by atoms with Crippen molar-refractivity contribution in [3.05, 3.63) is 40.8 Å².